The van der Waals surface area contributed by atoms with Crippen LogP contribution in [-0.2, 0) is 10.3 Å². The lowest BCUT2D eigenvalue weighted by Crippen LogP contribution is -2.31. The Hall–Kier alpha value is -0.860. The monoisotopic (exact) mass is 194 g/mol. The van der Waals surface area contributed by atoms with Gasteiger partial charge in [-0.15, -0.1) is 0 Å². The minimum Gasteiger partial charge on any atom is -0.393 e. The van der Waals surface area contributed by atoms with Crippen LogP contribution in [0.5, 0.6) is 0 Å². The van der Waals surface area contributed by atoms with E-state index in [1.807, 2.05) is 45.0 Å². The van der Waals surface area contributed by atoms with Crippen molar-refractivity contribution in [1.82, 2.24) is 0 Å². The van der Waals surface area contributed by atoms with Crippen LogP contribution < -0.4 is 0 Å². The highest BCUT2D eigenvalue weighted by Crippen LogP contribution is 2.27. The molecule has 0 heterocycles. The molecule has 0 aliphatic carbocycles. The van der Waals surface area contributed by atoms with Crippen molar-refractivity contribution in [2.45, 2.75) is 26.4 Å². The molecule has 0 aromatic heterocycles. The third-order valence-electron chi connectivity index (χ3n) is 2.48. The van der Waals surface area contributed by atoms with Gasteiger partial charge in [0.15, 0.2) is 0 Å². The fraction of sp³-hybridized carbons (Fsp3) is 0.500. The van der Waals surface area contributed by atoms with Crippen LogP contribution in [0.1, 0.15) is 25.0 Å². The van der Waals surface area contributed by atoms with E-state index in [-0.39, 0.29) is 6.61 Å². The summed E-state index contributed by atoms with van der Waals surface area (Å²) in [6.45, 7) is 6.49. The first-order chi connectivity index (χ1) is 6.64. The van der Waals surface area contributed by atoms with Crippen LogP contribution in [0.25, 0.3) is 0 Å². The molecule has 0 aliphatic rings. The largest absolute Gasteiger partial charge is 0.393 e. The van der Waals surface area contributed by atoms with Crippen molar-refractivity contribution < 1.29 is 9.84 Å². The Morgan fingerprint density at radius 1 is 1.36 bits per heavy atom. The number of benzene rings is 1. The van der Waals surface area contributed by atoms with Gasteiger partial charge in [-0.2, -0.15) is 0 Å². The van der Waals surface area contributed by atoms with Gasteiger partial charge < -0.3 is 9.84 Å². The van der Waals surface area contributed by atoms with Crippen molar-refractivity contribution in [3.63, 3.8) is 0 Å². The summed E-state index contributed by atoms with van der Waals surface area (Å²) in [4.78, 5) is 0. The molecule has 1 unspecified atom stereocenters. The van der Waals surface area contributed by atoms with Crippen LogP contribution in [0.4, 0.5) is 0 Å². The fourth-order valence-corrected chi connectivity index (χ4v) is 1.69. The zero-order chi connectivity index (χ0) is 10.6. The van der Waals surface area contributed by atoms with Gasteiger partial charge in [0.1, 0.15) is 5.60 Å². The minimum absolute atomic E-state index is 0.00565. The average molecular weight is 194 g/mol. The van der Waals surface area contributed by atoms with Crippen LogP contribution in [-0.4, -0.2) is 18.3 Å². The molecule has 0 amide bonds. The molecule has 1 N–H and O–H groups in total. The molecule has 2 nitrogen and oxygen atoms in total. The lowest BCUT2D eigenvalue weighted by Gasteiger charge is -2.29. The number of rotatable bonds is 4. The van der Waals surface area contributed by atoms with Crippen molar-refractivity contribution in [2.75, 3.05) is 13.2 Å². The third kappa shape index (κ3) is 2.14. The van der Waals surface area contributed by atoms with Crippen LogP contribution in [0.3, 0.4) is 0 Å². The second kappa shape index (κ2) is 4.58. The van der Waals surface area contributed by atoms with Gasteiger partial charge in [-0.25, -0.2) is 0 Å². The molecule has 1 aromatic rings. The second-order valence-corrected chi connectivity index (χ2v) is 3.64. The molecule has 14 heavy (non-hydrogen) atoms. The Morgan fingerprint density at radius 2 is 2.00 bits per heavy atom. The Morgan fingerprint density at radius 3 is 2.50 bits per heavy atom. The topological polar surface area (TPSA) is 29.5 Å². The highest BCUT2D eigenvalue weighted by molar-refractivity contribution is 5.31. The maximum absolute atomic E-state index is 9.37. The number of aliphatic hydroxyl groups excluding tert-OH is 1. The Kier molecular flexibility index (Phi) is 3.67. The van der Waals surface area contributed by atoms with E-state index in [1.165, 1.54) is 0 Å². The highest BCUT2D eigenvalue weighted by atomic mass is 16.5. The molecule has 1 atom stereocenters. The molecule has 0 bridgehead atoms. The van der Waals surface area contributed by atoms with Crippen molar-refractivity contribution in [1.29, 1.82) is 0 Å². The SMILES string of the molecule is CCOC(C)(CO)c1ccccc1C. The minimum atomic E-state index is -0.569. The number of hydrogen-bond acceptors (Lipinski definition) is 2. The Bertz CT molecular complexity index is 296. The quantitative estimate of drug-likeness (QED) is 0.796. The van der Waals surface area contributed by atoms with Crippen molar-refractivity contribution in [3.05, 3.63) is 35.4 Å². The first kappa shape index (κ1) is 11.2. The van der Waals surface area contributed by atoms with Gasteiger partial charge in [0, 0.05) is 6.61 Å². The van der Waals surface area contributed by atoms with E-state index in [2.05, 4.69) is 0 Å². The van der Waals surface area contributed by atoms with E-state index in [1.54, 1.807) is 0 Å². The molecule has 0 spiro atoms. The van der Waals surface area contributed by atoms with Crippen LogP contribution in [0.15, 0.2) is 24.3 Å². The highest BCUT2D eigenvalue weighted by Gasteiger charge is 2.27. The lowest BCUT2D eigenvalue weighted by atomic mass is 9.92. The fourth-order valence-electron chi connectivity index (χ4n) is 1.69. The first-order valence-electron chi connectivity index (χ1n) is 4.95. The molecule has 0 saturated carbocycles. The number of aliphatic hydroxyl groups is 1. The van der Waals surface area contributed by atoms with E-state index >= 15 is 0 Å². The van der Waals surface area contributed by atoms with E-state index < -0.39 is 5.60 Å². The van der Waals surface area contributed by atoms with Crippen molar-refractivity contribution in [2.24, 2.45) is 0 Å². The summed E-state index contributed by atoms with van der Waals surface area (Å²) in [6.07, 6.45) is 0. The summed E-state index contributed by atoms with van der Waals surface area (Å²) >= 11 is 0. The molecule has 0 aliphatic heterocycles. The van der Waals surface area contributed by atoms with Crippen LogP contribution >= 0.6 is 0 Å². The summed E-state index contributed by atoms with van der Waals surface area (Å²) in [5.41, 5.74) is 1.64. The predicted octanol–water partition coefficient (Wildman–Crippen LogP) is 2.24. The second-order valence-electron chi connectivity index (χ2n) is 3.64. The van der Waals surface area contributed by atoms with E-state index in [9.17, 15) is 5.11 Å². The molecule has 78 valence electrons. The van der Waals surface area contributed by atoms with E-state index in [0.717, 1.165) is 11.1 Å². The Balaban J connectivity index is 3.05. The Labute approximate surface area is 85.5 Å². The van der Waals surface area contributed by atoms with Crippen LogP contribution in [0, 0.1) is 6.92 Å². The molecular weight excluding hydrogens is 176 g/mol. The zero-order valence-electron chi connectivity index (χ0n) is 9.08. The molecule has 0 fully saturated rings. The number of hydrogen-bond donors (Lipinski definition) is 1. The smallest absolute Gasteiger partial charge is 0.113 e. The maximum Gasteiger partial charge on any atom is 0.113 e. The van der Waals surface area contributed by atoms with Crippen molar-refractivity contribution in [3.8, 4) is 0 Å². The van der Waals surface area contributed by atoms with Gasteiger partial charge in [0.05, 0.1) is 6.61 Å². The summed E-state index contributed by atoms with van der Waals surface area (Å²) in [5, 5.41) is 9.37. The van der Waals surface area contributed by atoms with Gasteiger partial charge in [0.25, 0.3) is 0 Å². The van der Waals surface area contributed by atoms with Gasteiger partial charge in [-0.3, -0.25) is 0 Å². The molecule has 1 aromatic carbocycles. The first-order valence-corrected chi connectivity index (χ1v) is 4.95. The normalized spacial score (nSPS) is 15.1. The summed E-state index contributed by atoms with van der Waals surface area (Å²) < 4.78 is 5.60. The predicted molar refractivity (Wildman–Crippen MR) is 57.2 cm³/mol. The summed E-state index contributed by atoms with van der Waals surface area (Å²) in [6, 6.07) is 7.99. The van der Waals surface area contributed by atoms with Gasteiger partial charge in [0.2, 0.25) is 0 Å². The van der Waals surface area contributed by atoms with Crippen molar-refractivity contribution >= 4 is 0 Å². The standard InChI is InChI=1S/C12H18O2/c1-4-14-12(3,9-13)11-8-6-5-7-10(11)2/h5-8,13H,4,9H2,1-3H3. The summed E-state index contributed by atoms with van der Waals surface area (Å²) in [5.74, 6) is 0. The van der Waals surface area contributed by atoms with Gasteiger partial charge in [-0.1, -0.05) is 24.3 Å². The molecule has 0 saturated heterocycles. The zero-order valence-corrected chi connectivity index (χ0v) is 9.08. The molecule has 2 heteroatoms. The summed E-state index contributed by atoms with van der Waals surface area (Å²) in [7, 11) is 0. The lowest BCUT2D eigenvalue weighted by molar-refractivity contribution is -0.0669. The van der Waals surface area contributed by atoms with Gasteiger partial charge >= 0.3 is 0 Å². The van der Waals surface area contributed by atoms with Crippen LogP contribution in [0.2, 0.25) is 0 Å². The number of aryl methyl sites for hydroxylation is 1. The number of ether oxygens (including phenoxy) is 1. The third-order valence-corrected chi connectivity index (χ3v) is 2.48. The van der Waals surface area contributed by atoms with Gasteiger partial charge in [-0.05, 0) is 31.9 Å². The molecule has 1 rings (SSSR count). The van der Waals surface area contributed by atoms with E-state index in [0.29, 0.717) is 6.61 Å². The van der Waals surface area contributed by atoms with E-state index in [4.69, 9.17) is 4.74 Å². The molecular formula is C12H18O2. The average Bonchev–Trinajstić information content (AvgIpc) is 2.18. The molecule has 0 radical (unpaired) electrons. The maximum atomic E-state index is 9.37.